The smallest absolute Gasteiger partial charge is 0.401 e. The first-order chi connectivity index (χ1) is 23.4. The number of rotatable bonds is 8. The average molecular weight is 691 g/mol. The van der Waals surface area contributed by atoms with Crippen molar-refractivity contribution in [2.24, 2.45) is 5.41 Å². The largest absolute Gasteiger partial charge is 0.490 e. The van der Waals surface area contributed by atoms with Crippen LogP contribution in [0.25, 0.3) is 0 Å². The summed E-state index contributed by atoms with van der Waals surface area (Å²) in [6, 6.07) is 6.02. The summed E-state index contributed by atoms with van der Waals surface area (Å²) < 4.78 is 60.7. The Kier molecular flexibility index (Phi) is 14.3. The number of aldehydes is 1. The number of hydrogen-bond donors (Lipinski definition) is 1. The number of nitrogens with one attached hydrogen (secondary N) is 1. The van der Waals surface area contributed by atoms with E-state index < -0.39 is 18.5 Å². The van der Waals surface area contributed by atoms with Crippen molar-refractivity contribution in [3.8, 4) is 17.2 Å². The van der Waals surface area contributed by atoms with Gasteiger partial charge in [-0.15, -0.1) is 0 Å². The third-order valence-corrected chi connectivity index (χ3v) is 8.53. The summed E-state index contributed by atoms with van der Waals surface area (Å²) in [4.78, 5) is 27.8. The minimum atomic E-state index is -4.07. The lowest BCUT2D eigenvalue weighted by Gasteiger charge is -2.59. The standard InChI is InChI=1S/C26H26FN5O3.C6H12F3N.2C2H6/c1-16-24-20(4-6-29-16)30-7-5-22(24)34-19-9-26(10-19)13-32(14-26)25-23(11-28-15-31-25)35-21-3-2-18(27)8-17(21)12-33;1-5(2)10(3)4-6(7,8)9;2*1-2/h2-3,5,7-8,11-12,15-16,19,29H,4,6,9-10,13-14H2,1H3;5H,4H2,1-3H3;2*1-2H3. The molecule has 1 atom stereocenters. The van der Waals surface area contributed by atoms with Crippen LogP contribution in [-0.2, 0) is 6.42 Å². The zero-order valence-corrected chi connectivity index (χ0v) is 29.8. The predicted molar refractivity (Wildman–Crippen MR) is 183 cm³/mol. The Balaban J connectivity index is 0.000000399. The topological polar surface area (TPSA) is 92.7 Å². The van der Waals surface area contributed by atoms with E-state index in [1.807, 2.05) is 40.0 Å². The Morgan fingerprint density at radius 3 is 2.39 bits per heavy atom. The second kappa shape index (κ2) is 17.7. The number of halogens is 4. The number of aromatic nitrogens is 3. The Labute approximate surface area is 287 Å². The molecule has 3 aliphatic rings. The highest BCUT2D eigenvalue weighted by Gasteiger charge is 2.54. The molecule has 270 valence electrons. The first-order valence-corrected chi connectivity index (χ1v) is 17.0. The molecule has 1 saturated heterocycles. The second-order valence-electron chi connectivity index (χ2n) is 12.3. The lowest BCUT2D eigenvalue weighted by molar-refractivity contribution is -0.146. The van der Waals surface area contributed by atoms with Gasteiger partial charge in [0.2, 0.25) is 0 Å². The van der Waals surface area contributed by atoms with Crippen LogP contribution in [0.5, 0.6) is 17.2 Å². The molecule has 1 aliphatic carbocycles. The summed E-state index contributed by atoms with van der Waals surface area (Å²) in [5.41, 5.74) is 2.66. The van der Waals surface area contributed by atoms with Crippen molar-refractivity contribution in [1.29, 1.82) is 0 Å². The van der Waals surface area contributed by atoms with Gasteiger partial charge in [0.05, 0.1) is 24.0 Å². The van der Waals surface area contributed by atoms with Crippen molar-refractivity contribution in [3.63, 3.8) is 0 Å². The van der Waals surface area contributed by atoms with E-state index in [1.165, 1.54) is 36.0 Å². The summed E-state index contributed by atoms with van der Waals surface area (Å²) >= 11 is 0. The maximum atomic E-state index is 13.5. The summed E-state index contributed by atoms with van der Waals surface area (Å²) in [7, 11) is 1.46. The van der Waals surface area contributed by atoms with E-state index in [0.29, 0.717) is 17.9 Å². The quantitative estimate of drug-likeness (QED) is 0.188. The highest BCUT2D eigenvalue weighted by atomic mass is 19.4. The van der Waals surface area contributed by atoms with E-state index in [0.717, 1.165) is 56.4 Å². The molecule has 1 unspecified atom stereocenters. The zero-order valence-electron chi connectivity index (χ0n) is 29.8. The number of pyridine rings is 1. The zero-order chi connectivity index (χ0) is 36.4. The van der Waals surface area contributed by atoms with E-state index in [2.05, 4.69) is 32.1 Å². The number of benzene rings is 1. The lowest BCUT2D eigenvalue weighted by atomic mass is 9.61. The first kappa shape index (κ1) is 39.6. The van der Waals surface area contributed by atoms with E-state index in [-0.39, 0.29) is 34.9 Å². The van der Waals surface area contributed by atoms with Crippen LogP contribution in [0.2, 0.25) is 0 Å². The molecule has 0 radical (unpaired) electrons. The fourth-order valence-electron chi connectivity index (χ4n) is 6.02. The molecule has 3 aromatic rings. The monoisotopic (exact) mass is 690 g/mol. The molecule has 9 nitrogen and oxygen atoms in total. The molecule has 1 N–H and O–H groups in total. The van der Waals surface area contributed by atoms with Crippen molar-refractivity contribution in [2.45, 2.75) is 92.1 Å². The van der Waals surface area contributed by atoms with Gasteiger partial charge in [0.1, 0.15) is 29.7 Å². The molecular formula is C36H50F4N6O3. The van der Waals surface area contributed by atoms with Gasteiger partial charge in [0.15, 0.2) is 17.9 Å². The number of fused-ring (bicyclic) bond motifs is 1. The molecule has 4 heterocycles. The van der Waals surface area contributed by atoms with Crippen LogP contribution < -0.4 is 19.7 Å². The molecule has 6 rings (SSSR count). The third-order valence-electron chi connectivity index (χ3n) is 8.53. The van der Waals surface area contributed by atoms with E-state index in [9.17, 15) is 22.4 Å². The average Bonchev–Trinajstić information content (AvgIpc) is 3.04. The summed E-state index contributed by atoms with van der Waals surface area (Å²) in [5, 5.41) is 3.49. The summed E-state index contributed by atoms with van der Waals surface area (Å²) in [6.07, 6.45) is 4.48. The van der Waals surface area contributed by atoms with Crippen LogP contribution in [0.4, 0.5) is 23.4 Å². The molecule has 2 aliphatic heterocycles. The molecular weight excluding hydrogens is 640 g/mol. The Morgan fingerprint density at radius 2 is 1.78 bits per heavy atom. The van der Waals surface area contributed by atoms with Crippen molar-refractivity contribution in [1.82, 2.24) is 25.2 Å². The van der Waals surface area contributed by atoms with Gasteiger partial charge in [-0.1, -0.05) is 27.7 Å². The van der Waals surface area contributed by atoms with E-state index in [1.54, 1.807) is 20.0 Å². The van der Waals surface area contributed by atoms with Gasteiger partial charge in [-0.05, 0) is 64.9 Å². The number of carbonyl (C=O) groups excluding carboxylic acids is 1. The molecule has 49 heavy (non-hydrogen) atoms. The number of hydrogen-bond acceptors (Lipinski definition) is 9. The maximum absolute atomic E-state index is 13.5. The summed E-state index contributed by atoms with van der Waals surface area (Å²) in [5.74, 6) is 1.83. The fraction of sp³-hybridized carbons (Fsp3) is 0.556. The number of alkyl halides is 3. The fourth-order valence-corrected chi connectivity index (χ4v) is 6.02. The number of anilines is 1. The molecule has 0 amide bonds. The Bertz CT molecular complexity index is 1490. The van der Waals surface area contributed by atoms with Crippen molar-refractivity contribution >= 4 is 12.1 Å². The Morgan fingerprint density at radius 1 is 1.08 bits per heavy atom. The highest BCUT2D eigenvalue weighted by molar-refractivity contribution is 5.79. The SMILES string of the molecule is CC.CC.CC(C)N(C)CC(F)(F)F.CC1NCCc2nccc(OC3CC4(C3)CN(c3ncncc3Oc3ccc(F)cc3C=O)C4)c21. The van der Waals surface area contributed by atoms with Crippen LogP contribution in [0, 0.1) is 11.2 Å². The van der Waals surface area contributed by atoms with Crippen LogP contribution >= 0.6 is 0 Å². The summed E-state index contributed by atoms with van der Waals surface area (Å²) in [6.45, 7) is 15.4. The van der Waals surface area contributed by atoms with Crippen molar-refractivity contribution < 1.29 is 31.8 Å². The van der Waals surface area contributed by atoms with Crippen LogP contribution in [-0.4, -0.2) is 77.7 Å². The van der Waals surface area contributed by atoms with Crippen molar-refractivity contribution in [2.75, 3.05) is 38.1 Å². The molecule has 2 aromatic heterocycles. The molecule has 2 fully saturated rings. The van der Waals surface area contributed by atoms with E-state index in [4.69, 9.17) is 9.47 Å². The van der Waals surface area contributed by atoms with Gasteiger partial charge in [-0.2, -0.15) is 13.2 Å². The minimum Gasteiger partial charge on any atom is -0.490 e. The van der Waals surface area contributed by atoms with Gasteiger partial charge < -0.3 is 19.7 Å². The molecule has 0 bridgehead atoms. The van der Waals surface area contributed by atoms with Gasteiger partial charge in [-0.25, -0.2) is 14.4 Å². The van der Waals surface area contributed by atoms with Crippen LogP contribution in [0.15, 0.2) is 43.0 Å². The van der Waals surface area contributed by atoms with Crippen molar-refractivity contribution in [3.05, 3.63) is 65.6 Å². The highest BCUT2D eigenvalue weighted by Crippen LogP contribution is 2.52. The molecule has 13 heteroatoms. The minimum absolute atomic E-state index is 0.0541. The third kappa shape index (κ3) is 10.3. The van der Waals surface area contributed by atoms with Crippen LogP contribution in [0.1, 0.15) is 89.0 Å². The van der Waals surface area contributed by atoms with Crippen LogP contribution in [0.3, 0.4) is 0 Å². The predicted octanol–water partition coefficient (Wildman–Crippen LogP) is 7.81. The first-order valence-electron chi connectivity index (χ1n) is 17.0. The van der Waals surface area contributed by atoms with Gasteiger partial charge in [0, 0.05) is 55.3 Å². The van der Waals surface area contributed by atoms with Gasteiger partial charge in [-0.3, -0.25) is 14.7 Å². The van der Waals surface area contributed by atoms with Gasteiger partial charge >= 0.3 is 6.18 Å². The lowest BCUT2D eigenvalue weighted by Crippen LogP contribution is -2.65. The second-order valence-corrected chi connectivity index (χ2v) is 12.3. The number of carbonyl (C=O) groups is 1. The number of nitrogens with zero attached hydrogens (tertiary/aromatic N) is 5. The Hall–Kier alpha value is -3.84. The van der Waals surface area contributed by atoms with Gasteiger partial charge in [0.25, 0.3) is 0 Å². The normalized spacial score (nSPS) is 17.6. The molecule has 1 saturated carbocycles. The molecule has 1 aromatic carbocycles. The van der Waals surface area contributed by atoms with E-state index >= 15 is 0 Å². The maximum Gasteiger partial charge on any atom is 0.401 e. The molecule has 1 spiro atoms. The number of ether oxygens (including phenoxy) is 2.